The fourth-order valence-electron chi connectivity index (χ4n) is 5.29. The van der Waals surface area contributed by atoms with Gasteiger partial charge in [0.15, 0.2) is 0 Å². The molecule has 0 rings (SSSR count). The van der Waals surface area contributed by atoms with Crippen LogP contribution in [0, 0.1) is 0 Å². The van der Waals surface area contributed by atoms with E-state index in [1.54, 1.807) is 6.08 Å². The maximum atomic E-state index is 12.3. The van der Waals surface area contributed by atoms with Gasteiger partial charge in [-0.1, -0.05) is 166 Å². The standard InChI is InChI=1S/C38H71NO3/c1-3-5-7-9-11-13-15-16-17-18-19-20-21-22-24-26-28-30-32-34-38(42)39-36(35-40)37(41)33-31-29-27-25-23-14-12-10-8-6-4-2/h16-17,27,29,31,33,36-37,40-41H,3-15,18-26,28,30,32,34-35H2,1-2H3,(H,39,42)/b17-16+,29-27+,33-31+/t36-,37+/m0/s1. The Balaban J connectivity index is 3.64. The van der Waals surface area contributed by atoms with Crippen molar-refractivity contribution in [1.29, 1.82) is 0 Å². The van der Waals surface area contributed by atoms with Crippen LogP contribution in [0.4, 0.5) is 0 Å². The summed E-state index contributed by atoms with van der Waals surface area (Å²) < 4.78 is 0. The Morgan fingerprint density at radius 3 is 1.43 bits per heavy atom. The highest BCUT2D eigenvalue weighted by atomic mass is 16.3. The third-order valence-corrected chi connectivity index (χ3v) is 8.15. The lowest BCUT2D eigenvalue weighted by molar-refractivity contribution is -0.123. The van der Waals surface area contributed by atoms with Crippen molar-refractivity contribution >= 4 is 5.91 Å². The first-order chi connectivity index (χ1) is 20.7. The van der Waals surface area contributed by atoms with Gasteiger partial charge >= 0.3 is 0 Å². The van der Waals surface area contributed by atoms with Crippen LogP contribution in [0.1, 0.15) is 181 Å². The summed E-state index contributed by atoms with van der Waals surface area (Å²) in [6.45, 7) is 4.25. The zero-order chi connectivity index (χ0) is 30.8. The second kappa shape index (κ2) is 34.1. The van der Waals surface area contributed by atoms with Crippen LogP contribution in [-0.2, 0) is 4.79 Å². The third-order valence-electron chi connectivity index (χ3n) is 8.15. The third kappa shape index (κ3) is 30.1. The number of allylic oxidation sites excluding steroid dienone is 5. The van der Waals surface area contributed by atoms with Gasteiger partial charge in [0, 0.05) is 6.42 Å². The molecular formula is C38H71NO3. The Morgan fingerprint density at radius 2 is 0.976 bits per heavy atom. The molecule has 3 N–H and O–H groups in total. The molecule has 0 bridgehead atoms. The Labute approximate surface area is 261 Å². The van der Waals surface area contributed by atoms with E-state index < -0.39 is 12.1 Å². The first-order valence-corrected chi connectivity index (χ1v) is 18.2. The minimum absolute atomic E-state index is 0.0861. The zero-order valence-electron chi connectivity index (χ0n) is 28.0. The number of nitrogens with one attached hydrogen (secondary N) is 1. The highest BCUT2D eigenvalue weighted by Gasteiger charge is 2.17. The van der Waals surface area contributed by atoms with Crippen molar-refractivity contribution in [3.63, 3.8) is 0 Å². The van der Waals surface area contributed by atoms with Crippen LogP contribution in [0.5, 0.6) is 0 Å². The van der Waals surface area contributed by atoms with Gasteiger partial charge in [0.05, 0.1) is 18.8 Å². The SMILES string of the molecule is CCCCCCCC/C=C/CCCCCCCCCCCC(=O)N[C@@H](CO)[C@H](O)/C=C/C=C/CCCCCCCCC. The molecule has 0 saturated carbocycles. The summed E-state index contributed by atoms with van der Waals surface area (Å²) in [5.41, 5.74) is 0. The highest BCUT2D eigenvalue weighted by molar-refractivity contribution is 5.76. The molecule has 4 nitrogen and oxygen atoms in total. The molecule has 0 heterocycles. The molecule has 0 radical (unpaired) electrons. The lowest BCUT2D eigenvalue weighted by atomic mass is 10.0. The van der Waals surface area contributed by atoms with Gasteiger partial charge in [0.1, 0.15) is 0 Å². The molecule has 0 aromatic rings. The largest absolute Gasteiger partial charge is 0.394 e. The molecule has 2 atom stereocenters. The Bertz CT molecular complexity index is 642. The number of amides is 1. The molecule has 0 unspecified atom stereocenters. The summed E-state index contributed by atoms with van der Waals surface area (Å²) in [5.74, 6) is -0.0861. The minimum Gasteiger partial charge on any atom is -0.394 e. The summed E-state index contributed by atoms with van der Waals surface area (Å²) in [4.78, 5) is 12.3. The van der Waals surface area contributed by atoms with Crippen LogP contribution in [0.25, 0.3) is 0 Å². The number of rotatable bonds is 32. The second-order valence-corrected chi connectivity index (χ2v) is 12.3. The molecule has 0 spiro atoms. The summed E-state index contributed by atoms with van der Waals surface area (Å²) >= 11 is 0. The first-order valence-electron chi connectivity index (χ1n) is 18.2. The Morgan fingerprint density at radius 1 is 0.571 bits per heavy atom. The first kappa shape index (κ1) is 40.6. The van der Waals surface area contributed by atoms with Crippen molar-refractivity contribution in [2.45, 2.75) is 193 Å². The zero-order valence-corrected chi connectivity index (χ0v) is 28.0. The fraction of sp³-hybridized carbons (Fsp3) is 0.816. The normalized spacial score (nSPS) is 13.5. The Hall–Kier alpha value is -1.39. The van der Waals surface area contributed by atoms with Gasteiger partial charge in [0.25, 0.3) is 0 Å². The van der Waals surface area contributed by atoms with Crippen molar-refractivity contribution in [1.82, 2.24) is 5.32 Å². The molecule has 246 valence electrons. The van der Waals surface area contributed by atoms with Gasteiger partial charge in [-0.25, -0.2) is 0 Å². The van der Waals surface area contributed by atoms with Crippen LogP contribution < -0.4 is 5.32 Å². The van der Waals surface area contributed by atoms with Gasteiger partial charge < -0.3 is 15.5 Å². The number of unbranched alkanes of at least 4 members (excludes halogenated alkanes) is 22. The molecular weight excluding hydrogens is 518 g/mol. The van der Waals surface area contributed by atoms with E-state index in [2.05, 4.69) is 37.4 Å². The lowest BCUT2D eigenvalue weighted by Crippen LogP contribution is -2.45. The van der Waals surface area contributed by atoms with Gasteiger partial charge in [0.2, 0.25) is 5.91 Å². The van der Waals surface area contributed by atoms with Crippen LogP contribution in [0.2, 0.25) is 0 Å². The van der Waals surface area contributed by atoms with E-state index >= 15 is 0 Å². The van der Waals surface area contributed by atoms with E-state index in [1.807, 2.05) is 12.2 Å². The summed E-state index contributed by atoms with van der Waals surface area (Å²) in [6.07, 6.45) is 43.8. The van der Waals surface area contributed by atoms with E-state index in [-0.39, 0.29) is 12.5 Å². The average molecular weight is 590 g/mol. The minimum atomic E-state index is -0.886. The average Bonchev–Trinajstić information content (AvgIpc) is 2.99. The molecule has 0 aromatic carbocycles. The number of carbonyl (C=O) groups is 1. The molecule has 1 amide bonds. The number of carbonyl (C=O) groups excluding carboxylic acids is 1. The predicted molar refractivity (Wildman–Crippen MR) is 184 cm³/mol. The lowest BCUT2D eigenvalue weighted by Gasteiger charge is -2.19. The predicted octanol–water partition coefficient (Wildman–Crippen LogP) is 10.7. The van der Waals surface area contributed by atoms with E-state index in [4.69, 9.17) is 0 Å². The van der Waals surface area contributed by atoms with Crippen LogP contribution >= 0.6 is 0 Å². The van der Waals surface area contributed by atoms with Gasteiger partial charge in [-0.3, -0.25) is 4.79 Å². The smallest absolute Gasteiger partial charge is 0.220 e. The highest BCUT2D eigenvalue weighted by Crippen LogP contribution is 2.13. The van der Waals surface area contributed by atoms with Crippen molar-refractivity contribution in [3.8, 4) is 0 Å². The van der Waals surface area contributed by atoms with Crippen molar-refractivity contribution < 1.29 is 15.0 Å². The monoisotopic (exact) mass is 590 g/mol. The summed E-state index contributed by atoms with van der Waals surface area (Å²) in [5, 5.41) is 22.8. The van der Waals surface area contributed by atoms with Gasteiger partial charge in [-0.2, -0.15) is 0 Å². The molecule has 42 heavy (non-hydrogen) atoms. The maximum Gasteiger partial charge on any atom is 0.220 e. The summed E-state index contributed by atoms with van der Waals surface area (Å²) in [6, 6.07) is -0.652. The number of hydrogen-bond donors (Lipinski definition) is 3. The van der Waals surface area contributed by atoms with Gasteiger partial charge in [-0.05, 0) is 44.9 Å². The fourth-order valence-corrected chi connectivity index (χ4v) is 5.29. The number of aliphatic hydroxyl groups is 2. The van der Waals surface area contributed by atoms with E-state index in [1.165, 1.54) is 141 Å². The van der Waals surface area contributed by atoms with Crippen LogP contribution in [0.15, 0.2) is 36.5 Å². The quantitative estimate of drug-likeness (QED) is 0.0415. The molecule has 4 heteroatoms. The second-order valence-electron chi connectivity index (χ2n) is 12.3. The number of hydrogen-bond acceptors (Lipinski definition) is 3. The van der Waals surface area contributed by atoms with Crippen LogP contribution in [0.3, 0.4) is 0 Å². The van der Waals surface area contributed by atoms with E-state index in [0.717, 1.165) is 19.3 Å². The van der Waals surface area contributed by atoms with Crippen LogP contribution in [-0.4, -0.2) is 34.9 Å². The van der Waals surface area contributed by atoms with E-state index in [0.29, 0.717) is 6.42 Å². The van der Waals surface area contributed by atoms with Gasteiger partial charge in [-0.15, -0.1) is 0 Å². The molecule has 0 aliphatic heterocycles. The Kier molecular flexibility index (Phi) is 33.0. The number of aliphatic hydroxyl groups excluding tert-OH is 2. The molecule has 0 fully saturated rings. The summed E-state index contributed by atoms with van der Waals surface area (Å²) in [7, 11) is 0. The maximum absolute atomic E-state index is 12.3. The van der Waals surface area contributed by atoms with Crippen molar-refractivity contribution in [3.05, 3.63) is 36.5 Å². The van der Waals surface area contributed by atoms with Crippen molar-refractivity contribution in [2.24, 2.45) is 0 Å². The molecule has 0 aliphatic rings. The topological polar surface area (TPSA) is 69.6 Å². The van der Waals surface area contributed by atoms with Crippen molar-refractivity contribution in [2.75, 3.05) is 6.61 Å². The molecule has 0 saturated heterocycles. The van der Waals surface area contributed by atoms with E-state index in [9.17, 15) is 15.0 Å². The molecule has 0 aromatic heterocycles. The molecule has 0 aliphatic carbocycles.